The van der Waals surface area contributed by atoms with E-state index in [0.717, 1.165) is 18.5 Å². The molecule has 1 aromatic heterocycles. The van der Waals surface area contributed by atoms with Gasteiger partial charge in [-0.3, -0.25) is 14.2 Å². The number of nitrogens with zero attached hydrogens (tertiary/aromatic N) is 2. The molecule has 22 heavy (non-hydrogen) atoms. The standard InChI is InChI=1S/C16H21FN2O3/c17-7-6-15(20)19-10-14(16-13(19)5-3-9-21-16)22-11-12-4-1-2-8-18-12/h1-2,4,8,13-14,16H,3,5-7,9-11H2/t13-,14+,16+/m1/s1. The minimum atomic E-state index is -0.618. The van der Waals surface area contributed by atoms with Gasteiger partial charge < -0.3 is 14.4 Å². The first kappa shape index (κ1) is 15.4. The van der Waals surface area contributed by atoms with Gasteiger partial charge in [-0.15, -0.1) is 0 Å². The van der Waals surface area contributed by atoms with E-state index in [1.165, 1.54) is 0 Å². The maximum Gasteiger partial charge on any atom is 0.225 e. The minimum absolute atomic E-state index is 0.0153. The van der Waals surface area contributed by atoms with Crippen LogP contribution >= 0.6 is 0 Å². The highest BCUT2D eigenvalue weighted by Crippen LogP contribution is 2.31. The van der Waals surface area contributed by atoms with E-state index in [1.807, 2.05) is 18.2 Å². The largest absolute Gasteiger partial charge is 0.373 e. The number of hydrogen-bond acceptors (Lipinski definition) is 4. The van der Waals surface area contributed by atoms with Crippen molar-refractivity contribution in [3.05, 3.63) is 30.1 Å². The lowest BCUT2D eigenvalue weighted by Crippen LogP contribution is -2.43. The van der Waals surface area contributed by atoms with E-state index in [9.17, 15) is 9.18 Å². The van der Waals surface area contributed by atoms with E-state index in [4.69, 9.17) is 9.47 Å². The maximum absolute atomic E-state index is 12.5. The van der Waals surface area contributed by atoms with Gasteiger partial charge in [0.1, 0.15) is 12.2 Å². The van der Waals surface area contributed by atoms with Crippen LogP contribution in [0.4, 0.5) is 4.39 Å². The molecule has 2 aliphatic heterocycles. The number of carbonyl (C=O) groups excluding carboxylic acids is 1. The van der Waals surface area contributed by atoms with Crippen LogP contribution in [0.5, 0.6) is 0 Å². The Morgan fingerprint density at radius 3 is 3.18 bits per heavy atom. The summed E-state index contributed by atoms with van der Waals surface area (Å²) in [5.41, 5.74) is 0.850. The first-order valence-electron chi connectivity index (χ1n) is 7.78. The van der Waals surface area contributed by atoms with Crippen molar-refractivity contribution in [2.75, 3.05) is 19.8 Å². The van der Waals surface area contributed by atoms with Gasteiger partial charge in [-0.1, -0.05) is 6.07 Å². The van der Waals surface area contributed by atoms with Crippen LogP contribution in [0.25, 0.3) is 0 Å². The van der Waals surface area contributed by atoms with Crippen molar-refractivity contribution in [1.82, 2.24) is 9.88 Å². The Morgan fingerprint density at radius 1 is 1.50 bits per heavy atom. The Labute approximate surface area is 129 Å². The van der Waals surface area contributed by atoms with Crippen molar-refractivity contribution in [2.45, 2.75) is 44.1 Å². The Balaban J connectivity index is 1.64. The van der Waals surface area contributed by atoms with Gasteiger partial charge in [0.25, 0.3) is 0 Å². The summed E-state index contributed by atoms with van der Waals surface area (Å²) in [6.07, 6.45) is 3.21. The summed E-state index contributed by atoms with van der Waals surface area (Å²) in [5.74, 6) is -0.146. The number of amides is 1. The van der Waals surface area contributed by atoms with Crippen molar-refractivity contribution in [2.24, 2.45) is 0 Å². The van der Waals surface area contributed by atoms with E-state index >= 15 is 0 Å². The van der Waals surface area contributed by atoms with E-state index in [-0.39, 0.29) is 30.6 Å². The van der Waals surface area contributed by atoms with Crippen LogP contribution in [-0.4, -0.2) is 53.9 Å². The number of fused-ring (bicyclic) bond motifs is 1. The van der Waals surface area contributed by atoms with Crippen LogP contribution < -0.4 is 0 Å². The van der Waals surface area contributed by atoms with E-state index < -0.39 is 6.67 Å². The Kier molecular flexibility index (Phi) is 5.00. The molecule has 2 saturated heterocycles. The fraction of sp³-hybridized carbons (Fsp3) is 0.625. The fourth-order valence-corrected chi connectivity index (χ4v) is 3.24. The van der Waals surface area contributed by atoms with Crippen LogP contribution in [0, 0.1) is 0 Å². The molecule has 2 fully saturated rings. The molecule has 0 saturated carbocycles. The molecule has 0 radical (unpaired) electrons. The van der Waals surface area contributed by atoms with Gasteiger partial charge in [0, 0.05) is 19.3 Å². The quantitative estimate of drug-likeness (QED) is 0.831. The summed E-state index contributed by atoms with van der Waals surface area (Å²) in [6, 6.07) is 5.69. The fourth-order valence-electron chi connectivity index (χ4n) is 3.24. The van der Waals surface area contributed by atoms with E-state index in [1.54, 1.807) is 11.1 Å². The zero-order valence-electron chi connectivity index (χ0n) is 12.5. The third kappa shape index (κ3) is 3.28. The molecule has 0 aromatic carbocycles. The molecule has 0 aliphatic carbocycles. The summed E-state index contributed by atoms with van der Waals surface area (Å²) in [6.45, 7) is 0.938. The van der Waals surface area contributed by atoms with E-state index in [0.29, 0.717) is 19.8 Å². The van der Waals surface area contributed by atoms with E-state index in [2.05, 4.69) is 4.98 Å². The molecule has 3 rings (SSSR count). The van der Waals surface area contributed by atoms with Crippen molar-refractivity contribution < 1.29 is 18.7 Å². The van der Waals surface area contributed by atoms with Gasteiger partial charge in [-0.25, -0.2) is 0 Å². The van der Waals surface area contributed by atoms with Gasteiger partial charge >= 0.3 is 0 Å². The Hall–Kier alpha value is -1.53. The lowest BCUT2D eigenvalue weighted by molar-refractivity contribution is -0.135. The molecule has 3 heterocycles. The molecule has 0 spiro atoms. The summed E-state index contributed by atoms with van der Waals surface area (Å²) >= 11 is 0. The number of aromatic nitrogens is 1. The molecule has 5 nitrogen and oxygen atoms in total. The second-order valence-electron chi connectivity index (χ2n) is 5.70. The minimum Gasteiger partial charge on any atom is -0.373 e. The Morgan fingerprint density at radius 2 is 2.41 bits per heavy atom. The number of ether oxygens (including phenoxy) is 2. The van der Waals surface area contributed by atoms with Crippen molar-refractivity contribution in [1.29, 1.82) is 0 Å². The predicted octanol–water partition coefficient (Wildman–Crippen LogP) is 1.72. The third-order valence-electron chi connectivity index (χ3n) is 4.28. The molecule has 0 N–H and O–H groups in total. The normalized spacial score (nSPS) is 27.7. The number of hydrogen-bond donors (Lipinski definition) is 0. The molecule has 1 aromatic rings. The van der Waals surface area contributed by atoms with Crippen molar-refractivity contribution in [3.63, 3.8) is 0 Å². The van der Waals surface area contributed by atoms with Gasteiger partial charge in [-0.2, -0.15) is 0 Å². The molecule has 6 heteroatoms. The zero-order chi connectivity index (χ0) is 15.4. The van der Waals surface area contributed by atoms with Crippen LogP contribution in [-0.2, 0) is 20.9 Å². The Bertz CT molecular complexity index is 499. The maximum atomic E-state index is 12.5. The molecular weight excluding hydrogens is 287 g/mol. The third-order valence-corrected chi connectivity index (χ3v) is 4.28. The highest BCUT2D eigenvalue weighted by molar-refractivity contribution is 5.77. The lowest BCUT2D eigenvalue weighted by Gasteiger charge is -2.32. The average Bonchev–Trinajstić information content (AvgIpc) is 2.93. The van der Waals surface area contributed by atoms with Crippen LogP contribution in [0.3, 0.4) is 0 Å². The number of halogens is 1. The topological polar surface area (TPSA) is 51.7 Å². The number of pyridine rings is 1. The first-order chi connectivity index (χ1) is 10.8. The molecule has 0 unspecified atom stereocenters. The van der Waals surface area contributed by atoms with Crippen LogP contribution in [0.1, 0.15) is 25.0 Å². The van der Waals surface area contributed by atoms with Gasteiger partial charge in [-0.05, 0) is 25.0 Å². The highest BCUT2D eigenvalue weighted by Gasteiger charge is 2.46. The average molecular weight is 308 g/mol. The molecule has 2 aliphatic rings. The molecule has 3 atom stereocenters. The number of alkyl halides is 1. The summed E-state index contributed by atoms with van der Waals surface area (Å²) in [4.78, 5) is 18.1. The SMILES string of the molecule is O=C(CCF)N1C[C@H](OCc2ccccn2)[C@H]2OCCC[C@H]21. The predicted molar refractivity (Wildman–Crippen MR) is 77.9 cm³/mol. The van der Waals surface area contributed by atoms with Crippen LogP contribution in [0.15, 0.2) is 24.4 Å². The highest BCUT2D eigenvalue weighted by atomic mass is 19.1. The molecule has 0 bridgehead atoms. The molecule has 120 valence electrons. The number of rotatable bonds is 5. The zero-order valence-corrected chi connectivity index (χ0v) is 12.5. The second-order valence-corrected chi connectivity index (χ2v) is 5.70. The van der Waals surface area contributed by atoms with Crippen molar-refractivity contribution >= 4 is 5.91 Å². The second kappa shape index (κ2) is 7.15. The lowest BCUT2D eigenvalue weighted by atomic mass is 10.0. The smallest absolute Gasteiger partial charge is 0.225 e. The van der Waals surface area contributed by atoms with Crippen LogP contribution in [0.2, 0.25) is 0 Å². The van der Waals surface area contributed by atoms with Gasteiger partial charge in [0.2, 0.25) is 5.91 Å². The van der Waals surface area contributed by atoms with Gasteiger partial charge in [0.15, 0.2) is 0 Å². The first-order valence-corrected chi connectivity index (χ1v) is 7.78. The number of carbonyl (C=O) groups is 1. The monoisotopic (exact) mass is 308 g/mol. The summed E-state index contributed by atoms with van der Waals surface area (Å²) in [5, 5.41) is 0. The summed E-state index contributed by atoms with van der Waals surface area (Å²) < 4.78 is 24.2. The summed E-state index contributed by atoms with van der Waals surface area (Å²) in [7, 11) is 0. The molecular formula is C16H21FN2O3. The van der Waals surface area contributed by atoms with Crippen molar-refractivity contribution in [3.8, 4) is 0 Å². The number of likely N-dealkylation sites (tertiary alicyclic amines) is 1. The van der Waals surface area contributed by atoms with Gasteiger partial charge in [0.05, 0.1) is 31.4 Å². The molecule has 1 amide bonds.